The van der Waals surface area contributed by atoms with Gasteiger partial charge in [0.15, 0.2) is 0 Å². The van der Waals surface area contributed by atoms with E-state index in [-0.39, 0.29) is 0 Å². The summed E-state index contributed by atoms with van der Waals surface area (Å²) < 4.78 is 0. The van der Waals surface area contributed by atoms with E-state index in [4.69, 9.17) is 0 Å². The molecule has 1 aliphatic heterocycles. The van der Waals surface area contributed by atoms with Gasteiger partial charge in [-0.2, -0.15) is 4.98 Å². The predicted molar refractivity (Wildman–Crippen MR) is 116 cm³/mol. The van der Waals surface area contributed by atoms with Crippen LogP contribution in [0.4, 0.5) is 17.5 Å². The Hall–Kier alpha value is -3.18. The second-order valence-electron chi connectivity index (χ2n) is 6.83. The van der Waals surface area contributed by atoms with Gasteiger partial charge in [0.05, 0.1) is 0 Å². The van der Waals surface area contributed by atoms with Crippen LogP contribution in [0.1, 0.15) is 5.56 Å². The smallest absolute Gasteiger partial charge is 0.229 e. The Morgan fingerprint density at radius 2 is 1.57 bits per heavy atom. The minimum Gasteiger partial charge on any atom is -0.354 e. The zero-order valence-electron chi connectivity index (χ0n) is 15.9. The molecule has 0 radical (unpaired) electrons. The first-order valence-electron chi connectivity index (χ1n) is 9.71. The van der Waals surface area contributed by atoms with E-state index in [0.717, 1.165) is 44.2 Å². The molecule has 5 heteroatoms. The topological polar surface area (TPSA) is 44.3 Å². The van der Waals surface area contributed by atoms with Gasteiger partial charge in [0.25, 0.3) is 0 Å². The van der Waals surface area contributed by atoms with E-state index in [1.54, 1.807) is 0 Å². The highest BCUT2D eigenvalue weighted by molar-refractivity contribution is 5.54. The van der Waals surface area contributed by atoms with Crippen molar-refractivity contribution in [2.45, 2.75) is 0 Å². The van der Waals surface area contributed by atoms with Crippen LogP contribution in [-0.4, -0.2) is 47.6 Å². The number of nitrogens with one attached hydrogen (secondary N) is 1. The van der Waals surface area contributed by atoms with Gasteiger partial charge >= 0.3 is 0 Å². The Kier molecular flexibility index (Phi) is 5.95. The molecule has 1 aliphatic rings. The standard InChI is InChI=1S/C23H25N5/c1-3-8-20(9-4-1)10-7-15-27-16-18-28(19-17-27)22-13-14-24-23(26-22)25-21-11-5-2-6-12-21/h1-14H,15-19H2,(H,24,25,26)/b10-7+. The summed E-state index contributed by atoms with van der Waals surface area (Å²) in [5.41, 5.74) is 2.25. The van der Waals surface area contributed by atoms with Gasteiger partial charge in [0.1, 0.15) is 5.82 Å². The minimum absolute atomic E-state index is 0.636. The summed E-state index contributed by atoms with van der Waals surface area (Å²) in [5.74, 6) is 1.62. The molecule has 0 spiro atoms. The average molecular weight is 371 g/mol. The van der Waals surface area contributed by atoms with Gasteiger partial charge in [-0.15, -0.1) is 0 Å². The zero-order chi connectivity index (χ0) is 19.0. The maximum atomic E-state index is 4.69. The Morgan fingerprint density at radius 3 is 2.32 bits per heavy atom. The molecule has 142 valence electrons. The monoisotopic (exact) mass is 371 g/mol. The second kappa shape index (κ2) is 9.15. The van der Waals surface area contributed by atoms with Crippen molar-refractivity contribution in [3.05, 3.63) is 84.6 Å². The number of rotatable bonds is 6. The Labute approximate surface area is 166 Å². The van der Waals surface area contributed by atoms with Crippen LogP contribution in [-0.2, 0) is 0 Å². The molecule has 5 nitrogen and oxygen atoms in total. The third-order valence-corrected chi connectivity index (χ3v) is 4.84. The van der Waals surface area contributed by atoms with E-state index >= 15 is 0 Å². The van der Waals surface area contributed by atoms with Crippen molar-refractivity contribution in [1.29, 1.82) is 0 Å². The first-order valence-corrected chi connectivity index (χ1v) is 9.71. The number of anilines is 3. The van der Waals surface area contributed by atoms with Crippen LogP contribution >= 0.6 is 0 Å². The molecular weight excluding hydrogens is 346 g/mol. The fraction of sp³-hybridized carbons (Fsp3) is 0.217. The summed E-state index contributed by atoms with van der Waals surface area (Å²) in [5, 5.41) is 3.27. The van der Waals surface area contributed by atoms with E-state index in [9.17, 15) is 0 Å². The lowest BCUT2D eigenvalue weighted by Gasteiger charge is -2.34. The van der Waals surface area contributed by atoms with Crippen molar-refractivity contribution in [2.24, 2.45) is 0 Å². The third kappa shape index (κ3) is 4.96. The van der Waals surface area contributed by atoms with Gasteiger partial charge in [-0.05, 0) is 23.8 Å². The summed E-state index contributed by atoms with van der Waals surface area (Å²) in [6.45, 7) is 4.99. The lowest BCUT2D eigenvalue weighted by Crippen LogP contribution is -2.46. The largest absolute Gasteiger partial charge is 0.354 e. The summed E-state index contributed by atoms with van der Waals surface area (Å²) in [6.07, 6.45) is 6.26. The summed E-state index contributed by atoms with van der Waals surface area (Å²) in [6, 6.07) is 22.4. The van der Waals surface area contributed by atoms with E-state index in [2.05, 4.69) is 61.5 Å². The molecule has 0 unspecified atom stereocenters. The molecule has 0 saturated carbocycles. The van der Waals surface area contributed by atoms with Crippen LogP contribution in [0.5, 0.6) is 0 Å². The van der Waals surface area contributed by atoms with Crippen molar-refractivity contribution >= 4 is 23.5 Å². The SMILES string of the molecule is C(=C\c1ccccc1)/CN1CCN(c2ccnc(Nc3ccccc3)n2)CC1. The number of hydrogen-bond acceptors (Lipinski definition) is 5. The lowest BCUT2D eigenvalue weighted by atomic mass is 10.2. The highest BCUT2D eigenvalue weighted by Gasteiger charge is 2.17. The highest BCUT2D eigenvalue weighted by Crippen LogP contribution is 2.17. The number of aromatic nitrogens is 2. The summed E-state index contributed by atoms with van der Waals surface area (Å²) in [4.78, 5) is 13.8. The molecule has 1 aromatic heterocycles. The minimum atomic E-state index is 0.636. The molecule has 0 aliphatic carbocycles. The molecule has 3 aromatic rings. The fourth-order valence-corrected chi connectivity index (χ4v) is 3.30. The normalized spacial score (nSPS) is 15.1. The molecule has 1 N–H and O–H groups in total. The first-order chi connectivity index (χ1) is 13.9. The van der Waals surface area contributed by atoms with Crippen LogP contribution < -0.4 is 10.2 Å². The molecular formula is C23H25N5. The molecule has 1 fully saturated rings. The van der Waals surface area contributed by atoms with E-state index in [0.29, 0.717) is 5.95 Å². The van der Waals surface area contributed by atoms with Gasteiger partial charge in [0, 0.05) is 44.6 Å². The van der Waals surface area contributed by atoms with E-state index < -0.39 is 0 Å². The molecule has 0 amide bonds. The van der Waals surface area contributed by atoms with Crippen LogP contribution in [0.2, 0.25) is 0 Å². The van der Waals surface area contributed by atoms with Crippen LogP contribution in [0.3, 0.4) is 0 Å². The summed E-state index contributed by atoms with van der Waals surface area (Å²) in [7, 11) is 0. The molecule has 0 bridgehead atoms. The number of nitrogens with zero attached hydrogens (tertiary/aromatic N) is 4. The molecule has 2 heterocycles. The molecule has 28 heavy (non-hydrogen) atoms. The number of para-hydroxylation sites is 1. The van der Waals surface area contributed by atoms with Gasteiger partial charge in [0.2, 0.25) is 5.95 Å². The van der Waals surface area contributed by atoms with Crippen molar-refractivity contribution in [1.82, 2.24) is 14.9 Å². The first kappa shape index (κ1) is 18.2. The predicted octanol–water partition coefficient (Wildman–Crippen LogP) is 4.06. The Bertz CT molecular complexity index is 887. The fourth-order valence-electron chi connectivity index (χ4n) is 3.30. The zero-order valence-corrected chi connectivity index (χ0v) is 15.9. The van der Waals surface area contributed by atoms with Gasteiger partial charge in [-0.3, -0.25) is 4.90 Å². The van der Waals surface area contributed by atoms with Crippen LogP contribution in [0, 0.1) is 0 Å². The highest BCUT2D eigenvalue weighted by atomic mass is 15.3. The van der Waals surface area contributed by atoms with Crippen LogP contribution in [0.15, 0.2) is 79.0 Å². The number of piperazine rings is 1. The molecule has 0 atom stereocenters. The molecule has 2 aromatic carbocycles. The van der Waals surface area contributed by atoms with Crippen molar-refractivity contribution in [3.8, 4) is 0 Å². The van der Waals surface area contributed by atoms with E-state index in [1.165, 1.54) is 5.56 Å². The third-order valence-electron chi connectivity index (χ3n) is 4.84. The molecule has 4 rings (SSSR count). The van der Waals surface area contributed by atoms with Crippen molar-refractivity contribution in [3.63, 3.8) is 0 Å². The van der Waals surface area contributed by atoms with Gasteiger partial charge in [-0.1, -0.05) is 60.7 Å². The second-order valence-corrected chi connectivity index (χ2v) is 6.83. The summed E-state index contributed by atoms with van der Waals surface area (Å²) >= 11 is 0. The van der Waals surface area contributed by atoms with Crippen LogP contribution in [0.25, 0.3) is 6.08 Å². The van der Waals surface area contributed by atoms with Crippen molar-refractivity contribution in [2.75, 3.05) is 42.9 Å². The van der Waals surface area contributed by atoms with Gasteiger partial charge in [-0.25, -0.2) is 4.98 Å². The average Bonchev–Trinajstić information content (AvgIpc) is 2.76. The molecule has 1 saturated heterocycles. The van der Waals surface area contributed by atoms with E-state index in [1.807, 2.05) is 48.7 Å². The van der Waals surface area contributed by atoms with Crippen molar-refractivity contribution < 1.29 is 0 Å². The Morgan fingerprint density at radius 1 is 0.857 bits per heavy atom. The van der Waals surface area contributed by atoms with Gasteiger partial charge < -0.3 is 10.2 Å². The number of benzene rings is 2. The maximum Gasteiger partial charge on any atom is 0.229 e. The maximum absolute atomic E-state index is 4.69. The lowest BCUT2D eigenvalue weighted by molar-refractivity contribution is 0.283. The Balaban J connectivity index is 1.30. The quantitative estimate of drug-likeness (QED) is 0.708. The number of hydrogen-bond donors (Lipinski definition) is 1.